The maximum atomic E-state index is 12.0. The summed E-state index contributed by atoms with van der Waals surface area (Å²) in [5.41, 5.74) is 4.73. The molecule has 0 unspecified atom stereocenters. The highest BCUT2D eigenvalue weighted by atomic mass is 32.2. The number of amides is 1. The minimum absolute atomic E-state index is 0.0268. The molecule has 1 saturated heterocycles. The first-order valence-electron chi connectivity index (χ1n) is 8.64. The first-order valence-corrected chi connectivity index (χ1v) is 10.5. The van der Waals surface area contributed by atoms with Gasteiger partial charge in [0.25, 0.3) is 0 Å². The summed E-state index contributed by atoms with van der Waals surface area (Å²) in [5.74, 6) is -0.359. The number of nitriles is 1. The Balaban J connectivity index is 1.82. The van der Waals surface area contributed by atoms with Crippen molar-refractivity contribution in [3.05, 3.63) is 11.9 Å². The fourth-order valence-electron chi connectivity index (χ4n) is 3.94. The second-order valence-corrected chi connectivity index (χ2v) is 9.64. The molecule has 1 aliphatic heterocycles. The average Bonchev–Trinajstić information content (AvgIpc) is 3.05. The van der Waals surface area contributed by atoms with Crippen molar-refractivity contribution >= 4 is 15.7 Å². The molecule has 0 aromatic carbocycles. The lowest BCUT2D eigenvalue weighted by atomic mass is 9.70. The number of carbonyl (C=O) groups excluding carboxylic acids is 1. The molecule has 1 aromatic heterocycles. The van der Waals surface area contributed by atoms with Crippen LogP contribution in [0.1, 0.15) is 50.6 Å². The second kappa shape index (κ2) is 6.41. The van der Waals surface area contributed by atoms with Gasteiger partial charge in [-0.25, -0.2) is 13.1 Å². The topological polar surface area (TPSA) is 132 Å². The van der Waals surface area contributed by atoms with Crippen molar-refractivity contribution in [3.63, 3.8) is 0 Å². The molecule has 2 aliphatic rings. The summed E-state index contributed by atoms with van der Waals surface area (Å²) in [6, 6.07) is 2.23. The van der Waals surface area contributed by atoms with E-state index in [1.165, 1.54) is 4.68 Å². The van der Waals surface area contributed by atoms with Gasteiger partial charge < -0.3 is 5.73 Å². The van der Waals surface area contributed by atoms with E-state index in [-0.39, 0.29) is 30.3 Å². The van der Waals surface area contributed by atoms with Gasteiger partial charge in [0.1, 0.15) is 0 Å². The SMILES string of the molecule is N#CC1(n2cc(CC3(C(N)=O)CCCCC3)nn2)CCS(=O)(=O)CC1. The Kier molecular flexibility index (Phi) is 4.58. The third-order valence-corrected chi connectivity index (χ3v) is 7.35. The lowest BCUT2D eigenvalue weighted by Gasteiger charge is -2.33. The molecule has 1 aromatic rings. The van der Waals surface area contributed by atoms with Gasteiger partial charge in [-0.3, -0.25) is 4.79 Å². The van der Waals surface area contributed by atoms with Crippen molar-refractivity contribution in [2.45, 2.75) is 56.9 Å². The molecule has 136 valence electrons. The van der Waals surface area contributed by atoms with Gasteiger partial charge in [0.05, 0.1) is 34.9 Å². The number of sulfone groups is 1. The lowest BCUT2D eigenvalue weighted by Crippen LogP contribution is -2.41. The van der Waals surface area contributed by atoms with Crippen molar-refractivity contribution in [1.82, 2.24) is 15.0 Å². The zero-order valence-electron chi connectivity index (χ0n) is 14.1. The summed E-state index contributed by atoms with van der Waals surface area (Å²) in [5, 5.41) is 17.9. The van der Waals surface area contributed by atoms with Gasteiger partial charge in [-0.15, -0.1) is 5.10 Å². The van der Waals surface area contributed by atoms with E-state index in [0.717, 1.165) is 32.1 Å². The second-order valence-electron chi connectivity index (χ2n) is 7.33. The van der Waals surface area contributed by atoms with Crippen LogP contribution in [0.15, 0.2) is 6.20 Å². The number of rotatable bonds is 4. The van der Waals surface area contributed by atoms with Gasteiger partial charge in [0, 0.05) is 6.42 Å². The third kappa shape index (κ3) is 3.40. The number of aromatic nitrogens is 3. The summed E-state index contributed by atoms with van der Waals surface area (Å²) in [4.78, 5) is 12.0. The molecule has 25 heavy (non-hydrogen) atoms. The molecule has 0 radical (unpaired) electrons. The maximum absolute atomic E-state index is 12.0. The van der Waals surface area contributed by atoms with Crippen LogP contribution in [0.3, 0.4) is 0 Å². The molecule has 9 heteroatoms. The van der Waals surface area contributed by atoms with Gasteiger partial charge >= 0.3 is 0 Å². The van der Waals surface area contributed by atoms with Crippen molar-refractivity contribution in [1.29, 1.82) is 5.26 Å². The normalized spacial score (nSPS) is 24.3. The van der Waals surface area contributed by atoms with Crippen molar-refractivity contribution in [3.8, 4) is 6.07 Å². The highest BCUT2D eigenvalue weighted by molar-refractivity contribution is 7.91. The lowest BCUT2D eigenvalue weighted by molar-refractivity contribution is -0.129. The largest absolute Gasteiger partial charge is 0.369 e. The van der Waals surface area contributed by atoms with Gasteiger partial charge in [0.15, 0.2) is 15.4 Å². The van der Waals surface area contributed by atoms with Crippen LogP contribution in [-0.2, 0) is 26.6 Å². The quantitative estimate of drug-likeness (QED) is 0.834. The van der Waals surface area contributed by atoms with Crippen LogP contribution in [0.2, 0.25) is 0 Å². The van der Waals surface area contributed by atoms with E-state index in [4.69, 9.17) is 5.73 Å². The van der Waals surface area contributed by atoms with Crippen LogP contribution >= 0.6 is 0 Å². The summed E-state index contributed by atoms with van der Waals surface area (Å²) in [7, 11) is -3.08. The number of carbonyl (C=O) groups is 1. The Labute approximate surface area is 147 Å². The highest BCUT2D eigenvalue weighted by Crippen LogP contribution is 2.39. The van der Waals surface area contributed by atoms with Crippen molar-refractivity contribution in [2.24, 2.45) is 11.1 Å². The van der Waals surface area contributed by atoms with Crippen LogP contribution in [0.25, 0.3) is 0 Å². The Morgan fingerprint density at radius 1 is 1.24 bits per heavy atom. The van der Waals surface area contributed by atoms with E-state index in [0.29, 0.717) is 12.1 Å². The highest BCUT2D eigenvalue weighted by Gasteiger charge is 2.42. The Morgan fingerprint density at radius 3 is 2.44 bits per heavy atom. The van der Waals surface area contributed by atoms with E-state index in [2.05, 4.69) is 16.4 Å². The first kappa shape index (κ1) is 17.9. The van der Waals surface area contributed by atoms with E-state index < -0.39 is 20.8 Å². The molecule has 2 N–H and O–H groups in total. The molecule has 0 atom stereocenters. The average molecular weight is 365 g/mol. The van der Waals surface area contributed by atoms with E-state index in [1.807, 2.05) is 0 Å². The van der Waals surface area contributed by atoms with Gasteiger partial charge in [-0.1, -0.05) is 24.5 Å². The molecular weight excluding hydrogens is 342 g/mol. The van der Waals surface area contributed by atoms with Crippen LogP contribution in [0, 0.1) is 16.7 Å². The molecule has 8 nitrogen and oxygen atoms in total. The summed E-state index contributed by atoms with van der Waals surface area (Å²) in [6.45, 7) is 0. The number of nitrogens with two attached hydrogens (primary N) is 1. The fourth-order valence-corrected chi connectivity index (χ4v) is 5.44. The van der Waals surface area contributed by atoms with Gasteiger partial charge in [0.2, 0.25) is 5.91 Å². The predicted octanol–water partition coefficient (Wildman–Crippen LogP) is 0.684. The molecule has 1 saturated carbocycles. The first-order chi connectivity index (χ1) is 11.8. The van der Waals surface area contributed by atoms with Crippen molar-refractivity contribution in [2.75, 3.05) is 11.5 Å². The molecule has 0 spiro atoms. The molecule has 2 fully saturated rings. The van der Waals surface area contributed by atoms with Gasteiger partial charge in [-0.2, -0.15) is 5.26 Å². The minimum Gasteiger partial charge on any atom is -0.369 e. The maximum Gasteiger partial charge on any atom is 0.224 e. The number of hydrogen-bond acceptors (Lipinski definition) is 6. The van der Waals surface area contributed by atoms with Crippen LogP contribution in [0.5, 0.6) is 0 Å². The van der Waals surface area contributed by atoms with Crippen LogP contribution in [0.4, 0.5) is 0 Å². The molecule has 0 bridgehead atoms. The Hall–Kier alpha value is -1.95. The summed E-state index contributed by atoms with van der Waals surface area (Å²) >= 11 is 0. The summed E-state index contributed by atoms with van der Waals surface area (Å²) < 4.78 is 24.8. The van der Waals surface area contributed by atoms with Crippen molar-refractivity contribution < 1.29 is 13.2 Å². The van der Waals surface area contributed by atoms with E-state index >= 15 is 0 Å². The van der Waals surface area contributed by atoms with E-state index in [1.54, 1.807) is 6.20 Å². The minimum atomic E-state index is -3.08. The Bertz CT molecular complexity index is 788. The molecule has 2 heterocycles. The van der Waals surface area contributed by atoms with Gasteiger partial charge in [-0.05, 0) is 25.7 Å². The molecule has 1 amide bonds. The molecule has 3 rings (SSSR count). The predicted molar refractivity (Wildman–Crippen MR) is 89.9 cm³/mol. The van der Waals surface area contributed by atoms with Crippen LogP contribution < -0.4 is 5.73 Å². The van der Waals surface area contributed by atoms with E-state index in [9.17, 15) is 18.5 Å². The number of nitrogens with zero attached hydrogens (tertiary/aromatic N) is 4. The summed E-state index contributed by atoms with van der Waals surface area (Å²) in [6.07, 6.45) is 7.04. The third-order valence-electron chi connectivity index (χ3n) is 5.69. The smallest absolute Gasteiger partial charge is 0.224 e. The standard InChI is InChI=1S/C16H23N5O3S/c17-12-16(6-8-25(23,24)9-7-16)21-11-13(19-20-21)10-15(14(18)22)4-2-1-3-5-15/h11H,1-10H2,(H2,18,22). The number of primary amides is 1. The van der Waals surface area contributed by atoms with Crippen LogP contribution in [-0.4, -0.2) is 40.8 Å². The molecular formula is C16H23N5O3S. The monoisotopic (exact) mass is 365 g/mol. The zero-order valence-corrected chi connectivity index (χ0v) is 15.0. The zero-order chi connectivity index (χ0) is 18.1. The Morgan fingerprint density at radius 2 is 1.88 bits per heavy atom. The number of hydrogen-bond donors (Lipinski definition) is 1. The molecule has 1 aliphatic carbocycles. The fraction of sp³-hybridized carbons (Fsp3) is 0.750.